The molecule has 0 aromatic carbocycles. The standard InChI is InChI=1S/C7H5Cl3O4/c8-4(7(9)10)3-14-6(13)2-1-5(11)12/h1-2H,3H2,(H,11,12)/p-1/b2-1+. The highest BCUT2D eigenvalue weighted by molar-refractivity contribution is 6.59. The van der Waals surface area contributed by atoms with Crippen molar-refractivity contribution in [2.24, 2.45) is 0 Å². The summed E-state index contributed by atoms with van der Waals surface area (Å²) >= 11 is 15.9. The van der Waals surface area contributed by atoms with Gasteiger partial charge < -0.3 is 14.6 Å². The Morgan fingerprint density at radius 1 is 1.21 bits per heavy atom. The lowest BCUT2D eigenvalue weighted by atomic mass is 10.5. The lowest BCUT2D eigenvalue weighted by Gasteiger charge is -2.00. The predicted octanol–water partition coefficient (Wildman–Crippen LogP) is 0.721. The first kappa shape index (κ1) is 13.3. The summed E-state index contributed by atoms with van der Waals surface area (Å²) in [6.07, 6.45) is 1.21. The lowest BCUT2D eigenvalue weighted by Crippen LogP contribution is -2.19. The van der Waals surface area contributed by atoms with E-state index in [0.717, 1.165) is 0 Å². The zero-order valence-corrected chi connectivity index (χ0v) is 8.90. The Hall–Kier alpha value is -0.710. The van der Waals surface area contributed by atoms with Crippen LogP contribution >= 0.6 is 34.8 Å². The normalized spacial score (nSPS) is 9.93. The quantitative estimate of drug-likeness (QED) is 0.550. The van der Waals surface area contributed by atoms with E-state index in [-0.39, 0.29) is 16.1 Å². The molecule has 0 aliphatic carbocycles. The Balaban J connectivity index is 3.99. The second kappa shape index (κ2) is 6.70. The largest absolute Gasteiger partial charge is 0.545 e. The van der Waals surface area contributed by atoms with E-state index in [1.807, 2.05) is 0 Å². The fourth-order valence-electron chi connectivity index (χ4n) is 0.373. The van der Waals surface area contributed by atoms with Crippen LogP contribution in [-0.2, 0) is 14.3 Å². The monoisotopic (exact) mass is 257 g/mol. The molecule has 0 unspecified atom stereocenters. The number of hydrogen-bond donors (Lipinski definition) is 0. The Morgan fingerprint density at radius 3 is 2.21 bits per heavy atom. The molecule has 0 saturated carbocycles. The van der Waals surface area contributed by atoms with E-state index in [0.29, 0.717) is 12.2 Å². The molecule has 0 radical (unpaired) electrons. The van der Waals surface area contributed by atoms with Crippen LogP contribution in [0, 0.1) is 0 Å². The van der Waals surface area contributed by atoms with Crippen molar-refractivity contribution in [1.82, 2.24) is 0 Å². The van der Waals surface area contributed by atoms with E-state index in [1.54, 1.807) is 0 Å². The van der Waals surface area contributed by atoms with Gasteiger partial charge in [0.15, 0.2) is 0 Å². The van der Waals surface area contributed by atoms with Crippen LogP contribution in [0.25, 0.3) is 0 Å². The summed E-state index contributed by atoms with van der Waals surface area (Å²) in [5.41, 5.74) is 0. The van der Waals surface area contributed by atoms with Crippen LogP contribution < -0.4 is 5.11 Å². The van der Waals surface area contributed by atoms with Gasteiger partial charge in [-0.25, -0.2) is 4.79 Å². The van der Waals surface area contributed by atoms with E-state index in [9.17, 15) is 14.7 Å². The van der Waals surface area contributed by atoms with Crippen LogP contribution in [-0.4, -0.2) is 18.5 Å². The first-order valence-corrected chi connectivity index (χ1v) is 4.32. The van der Waals surface area contributed by atoms with Crippen LogP contribution in [0.1, 0.15) is 0 Å². The van der Waals surface area contributed by atoms with Crippen LogP contribution in [0.4, 0.5) is 0 Å². The van der Waals surface area contributed by atoms with E-state index in [1.165, 1.54) is 0 Å². The summed E-state index contributed by atoms with van der Waals surface area (Å²) in [6.45, 7) is -0.319. The summed E-state index contributed by atoms with van der Waals surface area (Å²) in [5.74, 6) is -2.39. The van der Waals surface area contributed by atoms with Crippen molar-refractivity contribution < 1.29 is 19.4 Å². The number of rotatable bonds is 4. The smallest absolute Gasteiger partial charge is 0.331 e. The third-order valence-electron chi connectivity index (χ3n) is 0.902. The lowest BCUT2D eigenvalue weighted by molar-refractivity contribution is -0.297. The molecule has 7 heteroatoms. The molecule has 0 aromatic rings. The van der Waals surface area contributed by atoms with Gasteiger partial charge in [0.25, 0.3) is 0 Å². The van der Waals surface area contributed by atoms with Crippen molar-refractivity contribution in [2.45, 2.75) is 0 Å². The summed E-state index contributed by atoms with van der Waals surface area (Å²) < 4.78 is 4.22. The zero-order valence-electron chi connectivity index (χ0n) is 6.63. The Morgan fingerprint density at radius 2 is 1.79 bits per heavy atom. The minimum atomic E-state index is -1.50. The molecule has 0 saturated heterocycles. The summed E-state index contributed by atoms with van der Waals surface area (Å²) in [6, 6.07) is 0. The van der Waals surface area contributed by atoms with Gasteiger partial charge in [0.2, 0.25) is 0 Å². The number of carbonyl (C=O) groups is 2. The van der Waals surface area contributed by atoms with E-state index >= 15 is 0 Å². The van der Waals surface area contributed by atoms with Crippen molar-refractivity contribution >= 4 is 46.7 Å². The third-order valence-corrected chi connectivity index (χ3v) is 1.85. The number of carboxylic acid groups (broad SMARTS) is 1. The van der Waals surface area contributed by atoms with E-state index < -0.39 is 11.9 Å². The molecule has 0 N–H and O–H groups in total. The van der Waals surface area contributed by atoms with Crippen molar-refractivity contribution in [3.05, 3.63) is 21.7 Å². The second-order valence-corrected chi connectivity index (χ2v) is 3.33. The Kier molecular flexibility index (Phi) is 6.36. The molecule has 0 aromatic heterocycles. The van der Waals surface area contributed by atoms with Gasteiger partial charge in [-0.2, -0.15) is 0 Å². The first-order valence-electron chi connectivity index (χ1n) is 3.19. The maximum absolute atomic E-state index is 10.7. The maximum Gasteiger partial charge on any atom is 0.331 e. The zero-order chi connectivity index (χ0) is 11.1. The highest BCUT2D eigenvalue weighted by atomic mass is 35.5. The van der Waals surface area contributed by atoms with Gasteiger partial charge in [0.05, 0.1) is 11.0 Å². The number of ether oxygens (including phenoxy) is 1. The molecular formula is C7H4Cl3O4-. The van der Waals surface area contributed by atoms with Crippen molar-refractivity contribution in [3.8, 4) is 0 Å². The molecule has 0 rings (SSSR count). The molecule has 0 atom stereocenters. The Labute approximate surface area is 94.7 Å². The molecule has 0 bridgehead atoms. The van der Waals surface area contributed by atoms with E-state index in [4.69, 9.17) is 34.8 Å². The number of halogens is 3. The van der Waals surface area contributed by atoms with Gasteiger partial charge in [-0.05, 0) is 6.08 Å². The second-order valence-electron chi connectivity index (χ2n) is 1.93. The minimum absolute atomic E-state index is 0.0523. The van der Waals surface area contributed by atoms with Crippen molar-refractivity contribution in [3.63, 3.8) is 0 Å². The van der Waals surface area contributed by atoms with E-state index in [2.05, 4.69) is 4.74 Å². The molecule has 14 heavy (non-hydrogen) atoms. The van der Waals surface area contributed by atoms with Crippen molar-refractivity contribution in [1.29, 1.82) is 0 Å². The summed E-state index contributed by atoms with van der Waals surface area (Å²) in [5, 5.41) is 9.81. The minimum Gasteiger partial charge on any atom is -0.545 e. The maximum atomic E-state index is 10.7. The van der Waals surface area contributed by atoms with Gasteiger partial charge >= 0.3 is 5.97 Å². The number of carboxylic acids is 1. The van der Waals surface area contributed by atoms with Crippen LogP contribution in [0.5, 0.6) is 0 Å². The average Bonchev–Trinajstić information content (AvgIpc) is 2.10. The van der Waals surface area contributed by atoms with Gasteiger partial charge in [0, 0.05) is 6.08 Å². The van der Waals surface area contributed by atoms with Gasteiger partial charge in [-0.15, -0.1) is 0 Å². The fraction of sp³-hybridized carbons (Fsp3) is 0.143. The molecule has 0 heterocycles. The number of esters is 1. The molecular weight excluding hydrogens is 254 g/mol. The van der Waals surface area contributed by atoms with Gasteiger partial charge in [0.1, 0.15) is 11.1 Å². The van der Waals surface area contributed by atoms with Gasteiger partial charge in [-0.1, -0.05) is 34.8 Å². The predicted molar refractivity (Wildman–Crippen MR) is 49.7 cm³/mol. The first-order chi connectivity index (χ1) is 6.43. The van der Waals surface area contributed by atoms with Crippen LogP contribution in [0.3, 0.4) is 0 Å². The highest BCUT2D eigenvalue weighted by Gasteiger charge is 2.02. The number of carbonyl (C=O) groups excluding carboxylic acids is 2. The average molecular weight is 258 g/mol. The number of hydrogen-bond acceptors (Lipinski definition) is 4. The molecule has 78 valence electrons. The molecule has 0 aliphatic rings. The third kappa shape index (κ3) is 6.77. The summed E-state index contributed by atoms with van der Waals surface area (Å²) in [4.78, 5) is 20.6. The molecule has 4 nitrogen and oxygen atoms in total. The van der Waals surface area contributed by atoms with Crippen LogP contribution in [0.2, 0.25) is 0 Å². The fourth-order valence-corrected chi connectivity index (χ4v) is 0.537. The SMILES string of the molecule is O=C([O-])/C=C/C(=O)OCC(Cl)=C(Cl)Cl. The summed E-state index contributed by atoms with van der Waals surface area (Å²) in [7, 11) is 0. The van der Waals surface area contributed by atoms with Crippen molar-refractivity contribution in [2.75, 3.05) is 6.61 Å². The molecule has 0 fully saturated rings. The highest BCUT2D eigenvalue weighted by Crippen LogP contribution is 2.17. The Bertz CT molecular complexity index is 291. The molecule has 0 amide bonds. The van der Waals surface area contributed by atoms with Crippen LogP contribution in [0.15, 0.2) is 21.7 Å². The molecule has 0 aliphatic heterocycles. The number of aliphatic carboxylic acids is 1. The van der Waals surface area contributed by atoms with Gasteiger partial charge in [-0.3, -0.25) is 0 Å². The topological polar surface area (TPSA) is 66.4 Å². The molecule has 0 spiro atoms.